The maximum atomic E-state index is 12.7. The SMILES string of the molecule is C[C@@]1(C(=O)Nc2c[nH]c(C(N)=O)c2)CCOc2ccccc21. The van der Waals surface area contributed by atoms with E-state index in [1.165, 1.54) is 6.07 Å². The molecular weight excluding hydrogens is 282 g/mol. The number of nitrogens with one attached hydrogen (secondary N) is 2. The highest BCUT2D eigenvalue weighted by atomic mass is 16.5. The van der Waals surface area contributed by atoms with Crippen LogP contribution in [-0.4, -0.2) is 23.4 Å². The second-order valence-electron chi connectivity index (χ2n) is 5.55. The summed E-state index contributed by atoms with van der Waals surface area (Å²) in [6, 6.07) is 9.06. The molecule has 1 atom stereocenters. The summed E-state index contributed by atoms with van der Waals surface area (Å²) >= 11 is 0. The number of carbonyl (C=O) groups is 2. The van der Waals surface area contributed by atoms with Crippen molar-refractivity contribution in [3.63, 3.8) is 0 Å². The first-order valence-corrected chi connectivity index (χ1v) is 7.03. The number of para-hydroxylation sites is 1. The first-order valence-electron chi connectivity index (χ1n) is 7.03. The van der Waals surface area contributed by atoms with Crippen molar-refractivity contribution < 1.29 is 14.3 Å². The van der Waals surface area contributed by atoms with Gasteiger partial charge >= 0.3 is 0 Å². The Hall–Kier alpha value is -2.76. The van der Waals surface area contributed by atoms with Crippen molar-refractivity contribution in [2.45, 2.75) is 18.8 Å². The van der Waals surface area contributed by atoms with Gasteiger partial charge in [-0.25, -0.2) is 0 Å². The Labute approximate surface area is 127 Å². The van der Waals surface area contributed by atoms with Crippen LogP contribution in [0, 0.1) is 0 Å². The fourth-order valence-electron chi connectivity index (χ4n) is 2.66. The minimum Gasteiger partial charge on any atom is -0.493 e. The van der Waals surface area contributed by atoms with Gasteiger partial charge in [0.2, 0.25) is 5.91 Å². The van der Waals surface area contributed by atoms with Crippen LogP contribution in [0.5, 0.6) is 5.75 Å². The van der Waals surface area contributed by atoms with Crippen LogP contribution in [-0.2, 0) is 10.2 Å². The summed E-state index contributed by atoms with van der Waals surface area (Å²) in [5, 5.41) is 2.83. The average Bonchev–Trinajstić information content (AvgIpc) is 2.96. The van der Waals surface area contributed by atoms with Crippen LogP contribution in [0.1, 0.15) is 29.4 Å². The van der Waals surface area contributed by atoms with Crippen molar-refractivity contribution in [3.05, 3.63) is 47.8 Å². The number of fused-ring (bicyclic) bond motifs is 1. The van der Waals surface area contributed by atoms with Gasteiger partial charge in [-0.2, -0.15) is 0 Å². The molecular formula is C16H17N3O3. The zero-order chi connectivity index (χ0) is 15.7. The zero-order valence-corrected chi connectivity index (χ0v) is 12.2. The largest absolute Gasteiger partial charge is 0.493 e. The van der Waals surface area contributed by atoms with Crippen molar-refractivity contribution in [3.8, 4) is 5.75 Å². The molecule has 0 saturated carbocycles. The number of ether oxygens (including phenoxy) is 1. The second-order valence-corrected chi connectivity index (χ2v) is 5.55. The Kier molecular flexibility index (Phi) is 3.36. The van der Waals surface area contributed by atoms with Crippen LogP contribution < -0.4 is 15.8 Å². The number of anilines is 1. The molecule has 0 unspecified atom stereocenters. The number of aromatic nitrogens is 1. The average molecular weight is 299 g/mol. The normalized spacial score (nSPS) is 19.9. The first kappa shape index (κ1) is 14.2. The van der Waals surface area contributed by atoms with Gasteiger partial charge in [-0.15, -0.1) is 0 Å². The van der Waals surface area contributed by atoms with E-state index in [9.17, 15) is 9.59 Å². The van der Waals surface area contributed by atoms with Crippen molar-refractivity contribution >= 4 is 17.5 Å². The first-order chi connectivity index (χ1) is 10.5. The van der Waals surface area contributed by atoms with Crippen molar-refractivity contribution in [1.82, 2.24) is 4.98 Å². The van der Waals surface area contributed by atoms with Gasteiger partial charge in [-0.3, -0.25) is 9.59 Å². The molecule has 2 amide bonds. The van der Waals surface area contributed by atoms with E-state index in [1.807, 2.05) is 31.2 Å². The predicted molar refractivity (Wildman–Crippen MR) is 81.8 cm³/mol. The van der Waals surface area contributed by atoms with Gasteiger partial charge in [0.15, 0.2) is 0 Å². The van der Waals surface area contributed by atoms with E-state index in [0.29, 0.717) is 18.7 Å². The number of benzene rings is 1. The minimum absolute atomic E-state index is 0.140. The Morgan fingerprint density at radius 3 is 2.86 bits per heavy atom. The van der Waals surface area contributed by atoms with Gasteiger partial charge in [0.1, 0.15) is 11.4 Å². The highest BCUT2D eigenvalue weighted by Crippen LogP contribution is 2.39. The van der Waals surface area contributed by atoms with Crippen LogP contribution >= 0.6 is 0 Å². The lowest BCUT2D eigenvalue weighted by molar-refractivity contribution is -0.122. The van der Waals surface area contributed by atoms with Crippen LogP contribution in [0.15, 0.2) is 36.5 Å². The smallest absolute Gasteiger partial charge is 0.265 e. The van der Waals surface area contributed by atoms with E-state index in [0.717, 1.165) is 11.3 Å². The molecule has 0 fully saturated rings. The maximum Gasteiger partial charge on any atom is 0.265 e. The molecule has 114 valence electrons. The zero-order valence-electron chi connectivity index (χ0n) is 12.2. The predicted octanol–water partition coefficient (Wildman–Crippen LogP) is 1.79. The third kappa shape index (κ3) is 2.32. The number of nitrogens with two attached hydrogens (primary N) is 1. The number of hydrogen-bond donors (Lipinski definition) is 3. The van der Waals surface area contributed by atoms with Crippen LogP contribution in [0.3, 0.4) is 0 Å². The number of aromatic amines is 1. The van der Waals surface area contributed by atoms with E-state index in [-0.39, 0.29) is 11.6 Å². The molecule has 6 nitrogen and oxygen atoms in total. The van der Waals surface area contributed by atoms with Crippen LogP contribution in [0.25, 0.3) is 0 Å². The van der Waals surface area contributed by atoms with Crippen LogP contribution in [0.2, 0.25) is 0 Å². The molecule has 2 aromatic rings. The number of primary amides is 1. The van der Waals surface area contributed by atoms with E-state index in [4.69, 9.17) is 10.5 Å². The van der Waals surface area contributed by atoms with Gasteiger partial charge in [-0.05, 0) is 25.5 Å². The van der Waals surface area contributed by atoms with Crippen molar-refractivity contribution in [1.29, 1.82) is 0 Å². The summed E-state index contributed by atoms with van der Waals surface area (Å²) in [5.41, 5.74) is 6.15. The van der Waals surface area contributed by atoms with Gasteiger partial charge < -0.3 is 20.8 Å². The molecule has 1 aromatic heterocycles. The molecule has 1 aromatic carbocycles. The second kappa shape index (κ2) is 5.22. The number of rotatable bonds is 3. The maximum absolute atomic E-state index is 12.7. The monoisotopic (exact) mass is 299 g/mol. The lowest BCUT2D eigenvalue weighted by Crippen LogP contribution is -2.41. The molecule has 2 heterocycles. The number of amides is 2. The van der Waals surface area contributed by atoms with Crippen molar-refractivity contribution in [2.75, 3.05) is 11.9 Å². The molecule has 0 spiro atoms. The molecule has 0 bridgehead atoms. The Balaban J connectivity index is 1.87. The number of carbonyl (C=O) groups excluding carboxylic acids is 2. The molecule has 6 heteroatoms. The van der Waals surface area contributed by atoms with E-state index in [1.54, 1.807) is 6.20 Å². The topological polar surface area (TPSA) is 97.2 Å². The van der Waals surface area contributed by atoms with Crippen LogP contribution in [0.4, 0.5) is 5.69 Å². The number of H-pyrrole nitrogens is 1. The molecule has 3 rings (SSSR count). The Bertz CT molecular complexity index is 738. The molecule has 4 N–H and O–H groups in total. The lowest BCUT2D eigenvalue weighted by Gasteiger charge is -2.34. The summed E-state index contributed by atoms with van der Waals surface area (Å²) in [7, 11) is 0. The van der Waals surface area contributed by atoms with Gasteiger partial charge in [0, 0.05) is 11.8 Å². The quantitative estimate of drug-likeness (QED) is 0.806. The standard InChI is InChI=1S/C16H17N3O3/c1-16(6-7-22-13-5-3-2-4-11(13)16)15(21)19-10-8-12(14(17)20)18-9-10/h2-5,8-9,18H,6-7H2,1H3,(H2,17,20)(H,19,21)/t16-/m1/s1. The Morgan fingerprint density at radius 1 is 1.36 bits per heavy atom. The molecule has 1 aliphatic heterocycles. The summed E-state index contributed by atoms with van der Waals surface area (Å²) in [4.78, 5) is 26.6. The third-order valence-electron chi connectivity index (χ3n) is 4.05. The minimum atomic E-state index is -0.682. The molecule has 1 aliphatic rings. The van der Waals surface area contributed by atoms with Crippen molar-refractivity contribution in [2.24, 2.45) is 5.73 Å². The third-order valence-corrected chi connectivity index (χ3v) is 4.05. The van der Waals surface area contributed by atoms with Gasteiger partial charge in [0.25, 0.3) is 5.91 Å². The van der Waals surface area contributed by atoms with Gasteiger partial charge in [0.05, 0.1) is 17.7 Å². The summed E-state index contributed by atoms with van der Waals surface area (Å²) in [6.45, 7) is 2.38. The fraction of sp³-hybridized carbons (Fsp3) is 0.250. The van der Waals surface area contributed by atoms with E-state index >= 15 is 0 Å². The molecule has 0 aliphatic carbocycles. The van der Waals surface area contributed by atoms with E-state index in [2.05, 4.69) is 10.3 Å². The summed E-state index contributed by atoms with van der Waals surface area (Å²) < 4.78 is 5.61. The fourth-order valence-corrected chi connectivity index (χ4v) is 2.66. The van der Waals surface area contributed by atoms with Gasteiger partial charge in [-0.1, -0.05) is 18.2 Å². The lowest BCUT2D eigenvalue weighted by atomic mass is 9.77. The highest BCUT2D eigenvalue weighted by molar-refractivity contribution is 6.00. The van der Waals surface area contributed by atoms with E-state index < -0.39 is 11.3 Å². The molecule has 22 heavy (non-hydrogen) atoms. The molecule has 0 saturated heterocycles. The number of hydrogen-bond acceptors (Lipinski definition) is 3. The summed E-state index contributed by atoms with van der Waals surface area (Å²) in [5.74, 6) is 0.0275. The Morgan fingerprint density at radius 2 is 2.14 bits per heavy atom. The highest BCUT2D eigenvalue weighted by Gasteiger charge is 2.40. The summed E-state index contributed by atoms with van der Waals surface area (Å²) in [6.07, 6.45) is 2.13. The molecule has 0 radical (unpaired) electrons.